The number of ether oxygens (including phenoxy) is 2. The molecule has 0 spiro atoms. The normalized spacial score (nSPS) is 15.3. The second kappa shape index (κ2) is 6.08. The molecule has 20 heavy (non-hydrogen) atoms. The number of hydrogen-bond donors (Lipinski definition) is 0. The van der Waals surface area contributed by atoms with E-state index >= 15 is 0 Å². The molecule has 0 fully saturated rings. The average Bonchev–Trinajstić information content (AvgIpc) is 2.21. The van der Waals surface area contributed by atoms with Crippen LogP contribution in [0.5, 0.6) is 0 Å². The van der Waals surface area contributed by atoms with Crippen molar-refractivity contribution >= 4 is 11.9 Å². The minimum Gasteiger partial charge on any atom is -0.459 e. The van der Waals surface area contributed by atoms with E-state index in [-0.39, 0.29) is 0 Å². The molecule has 1 atom stereocenters. The predicted octanol–water partition coefficient (Wildman–Crippen LogP) is 2.76. The van der Waals surface area contributed by atoms with E-state index in [2.05, 4.69) is 0 Å². The smallest absolute Gasteiger partial charge is 0.331 e. The lowest BCUT2D eigenvalue weighted by molar-refractivity contribution is -0.160. The molecule has 0 aromatic rings. The summed E-state index contributed by atoms with van der Waals surface area (Å²) in [5.74, 6) is -1.31. The minimum atomic E-state index is -1.52. The highest BCUT2D eigenvalue weighted by molar-refractivity contribution is 5.87. The van der Waals surface area contributed by atoms with Gasteiger partial charge in [-0.25, -0.2) is 9.59 Å². The molecule has 0 radical (unpaired) electrons. The lowest BCUT2D eigenvalue weighted by Gasteiger charge is -2.24. The minimum absolute atomic E-state index is 0.609. The van der Waals surface area contributed by atoms with E-state index in [0.717, 1.165) is 6.08 Å². The van der Waals surface area contributed by atoms with Gasteiger partial charge in [0.05, 0.1) is 6.07 Å². The fraction of sp³-hybridized carbons (Fsp3) is 0.667. The zero-order valence-electron chi connectivity index (χ0n) is 13.2. The molecule has 1 unspecified atom stereocenters. The highest BCUT2D eigenvalue weighted by Gasteiger charge is 2.35. The van der Waals surface area contributed by atoms with Crippen LogP contribution in [0.4, 0.5) is 0 Å². The maximum absolute atomic E-state index is 12.0. The van der Waals surface area contributed by atoms with Gasteiger partial charge in [0.25, 0.3) is 0 Å². The van der Waals surface area contributed by atoms with Crippen molar-refractivity contribution < 1.29 is 19.1 Å². The van der Waals surface area contributed by atoms with Gasteiger partial charge in [-0.3, -0.25) is 0 Å². The molecule has 0 aliphatic carbocycles. The van der Waals surface area contributed by atoms with Crippen LogP contribution in [0.25, 0.3) is 0 Å². The first-order chi connectivity index (χ1) is 8.79. The average molecular weight is 281 g/mol. The highest BCUT2D eigenvalue weighted by atomic mass is 16.6. The van der Waals surface area contributed by atoms with Crippen molar-refractivity contribution in [1.82, 2.24) is 0 Å². The zero-order chi connectivity index (χ0) is 16.2. The molecule has 0 saturated heterocycles. The SMILES string of the molecule is CC(C)(C)OC(=O)/C=C/C(C)(C#N)C(=O)OC(C)(C)C. The van der Waals surface area contributed by atoms with Crippen molar-refractivity contribution in [2.75, 3.05) is 0 Å². The standard InChI is InChI=1S/C15H23NO4/c1-13(2,3)19-11(17)8-9-15(7,10-16)12(18)20-14(4,5)6/h8-9H,1-7H3/b9-8+. The summed E-state index contributed by atoms with van der Waals surface area (Å²) in [5, 5.41) is 9.14. The first-order valence-corrected chi connectivity index (χ1v) is 6.36. The number of rotatable bonds is 3. The van der Waals surface area contributed by atoms with E-state index in [0.29, 0.717) is 0 Å². The Hall–Kier alpha value is -1.83. The van der Waals surface area contributed by atoms with E-state index in [1.54, 1.807) is 41.5 Å². The van der Waals surface area contributed by atoms with Crippen molar-refractivity contribution in [1.29, 1.82) is 5.26 Å². The van der Waals surface area contributed by atoms with Crippen molar-refractivity contribution in [2.45, 2.75) is 59.7 Å². The fourth-order valence-electron chi connectivity index (χ4n) is 1.11. The molecule has 0 bridgehead atoms. The Kier molecular flexibility index (Phi) is 5.53. The molecule has 0 heterocycles. The molecule has 0 aliphatic heterocycles. The zero-order valence-corrected chi connectivity index (χ0v) is 13.2. The van der Waals surface area contributed by atoms with Crippen LogP contribution < -0.4 is 0 Å². The molecule has 0 aliphatic rings. The maximum Gasteiger partial charge on any atom is 0.331 e. The Morgan fingerprint density at radius 2 is 1.40 bits per heavy atom. The van der Waals surface area contributed by atoms with Crippen molar-refractivity contribution in [3.8, 4) is 6.07 Å². The van der Waals surface area contributed by atoms with Gasteiger partial charge in [0.15, 0.2) is 5.41 Å². The molecule has 5 heteroatoms. The Bertz CT molecular complexity index is 446. The van der Waals surface area contributed by atoms with Crippen LogP contribution in [0.15, 0.2) is 12.2 Å². The van der Waals surface area contributed by atoms with Gasteiger partial charge in [-0.2, -0.15) is 5.26 Å². The summed E-state index contributed by atoms with van der Waals surface area (Å²) < 4.78 is 10.2. The van der Waals surface area contributed by atoms with Gasteiger partial charge in [-0.1, -0.05) is 0 Å². The lowest BCUT2D eigenvalue weighted by Crippen LogP contribution is -2.34. The van der Waals surface area contributed by atoms with Gasteiger partial charge in [-0.05, 0) is 54.5 Å². The third-order valence-corrected chi connectivity index (χ3v) is 2.01. The first kappa shape index (κ1) is 18.2. The van der Waals surface area contributed by atoms with Gasteiger partial charge in [0.2, 0.25) is 0 Å². The second-order valence-electron chi connectivity index (χ2n) is 6.68. The van der Waals surface area contributed by atoms with Gasteiger partial charge in [-0.15, -0.1) is 0 Å². The van der Waals surface area contributed by atoms with Crippen molar-refractivity contribution in [3.05, 3.63) is 12.2 Å². The predicted molar refractivity (Wildman–Crippen MR) is 74.6 cm³/mol. The van der Waals surface area contributed by atoms with Gasteiger partial charge in [0.1, 0.15) is 11.2 Å². The molecular formula is C15H23NO4. The van der Waals surface area contributed by atoms with Crippen molar-refractivity contribution in [2.24, 2.45) is 5.41 Å². The number of esters is 2. The molecule has 0 amide bonds. The monoisotopic (exact) mass is 281 g/mol. The van der Waals surface area contributed by atoms with E-state index in [1.807, 2.05) is 6.07 Å². The number of carbonyl (C=O) groups excluding carboxylic acids is 2. The summed E-state index contributed by atoms with van der Waals surface area (Å²) in [7, 11) is 0. The van der Waals surface area contributed by atoms with Crippen LogP contribution in [-0.4, -0.2) is 23.1 Å². The molecule has 112 valence electrons. The number of carbonyl (C=O) groups is 2. The molecule has 0 saturated carbocycles. The Labute approximate surface area is 120 Å². The Morgan fingerprint density at radius 3 is 1.75 bits per heavy atom. The topological polar surface area (TPSA) is 76.4 Å². The van der Waals surface area contributed by atoms with Crippen LogP contribution in [0.2, 0.25) is 0 Å². The van der Waals surface area contributed by atoms with E-state index in [9.17, 15) is 9.59 Å². The number of nitriles is 1. The van der Waals surface area contributed by atoms with Gasteiger partial charge < -0.3 is 9.47 Å². The molecule has 0 aromatic heterocycles. The first-order valence-electron chi connectivity index (χ1n) is 6.36. The molecule has 0 N–H and O–H groups in total. The van der Waals surface area contributed by atoms with Crippen LogP contribution in [-0.2, 0) is 19.1 Å². The van der Waals surface area contributed by atoms with E-state index in [1.165, 1.54) is 13.0 Å². The summed E-state index contributed by atoms with van der Waals surface area (Å²) in [6, 6.07) is 1.85. The van der Waals surface area contributed by atoms with Gasteiger partial charge >= 0.3 is 11.9 Å². The number of hydrogen-bond acceptors (Lipinski definition) is 5. The second-order valence-corrected chi connectivity index (χ2v) is 6.68. The van der Waals surface area contributed by atoms with Crippen molar-refractivity contribution in [3.63, 3.8) is 0 Å². The van der Waals surface area contributed by atoms with Crippen LogP contribution >= 0.6 is 0 Å². The summed E-state index contributed by atoms with van der Waals surface area (Å²) in [4.78, 5) is 23.5. The largest absolute Gasteiger partial charge is 0.459 e. The Balaban J connectivity index is 4.97. The third kappa shape index (κ3) is 6.93. The van der Waals surface area contributed by atoms with Gasteiger partial charge in [0, 0.05) is 6.08 Å². The maximum atomic E-state index is 12.0. The highest BCUT2D eigenvalue weighted by Crippen LogP contribution is 2.23. The molecule has 0 rings (SSSR count). The summed E-state index contributed by atoms with van der Waals surface area (Å²) in [6.07, 6.45) is 2.29. The molecular weight excluding hydrogens is 258 g/mol. The van der Waals surface area contributed by atoms with E-state index < -0.39 is 28.6 Å². The lowest BCUT2D eigenvalue weighted by atomic mass is 9.92. The molecule has 5 nitrogen and oxygen atoms in total. The molecule has 0 aromatic carbocycles. The fourth-order valence-corrected chi connectivity index (χ4v) is 1.11. The third-order valence-electron chi connectivity index (χ3n) is 2.01. The van der Waals surface area contributed by atoms with E-state index in [4.69, 9.17) is 14.7 Å². The quantitative estimate of drug-likeness (QED) is 0.587. The van der Waals surface area contributed by atoms with Crippen LogP contribution in [0.1, 0.15) is 48.5 Å². The van der Waals surface area contributed by atoms with Crippen LogP contribution in [0, 0.1) is 16.7 Å². The Morgan fingerprint density at radius 1 is 0.950 bits per heavy atom. The number of nitrogens with zero attached hydrogens (tertiary/aromatic N) is 1. The summed E-state index contributed by atoms with van der Waals surface area (Å²) in [5.41, 5.74) is -2.85. The summed E-state index contributed by atoms with van der Waals surface area (Å²) >= 11 is 0. The summed E-state index contributed by atoms with van der Waals surface area (Å²) in [6.45, 7) is 11.7. The van der Waals surface area contributed by atoms with Crippen LogP contribution in [0.3, 0.4) is 0 Å².